The van der Waals surface area contributed by atoms with Crippen molar-refractivity contribution in [2.24, 2.45) is 5.10 Å². The molecule has 3 aromatic rings. The molecular formula is C23H22N4O6S. The molecule has 0 fully saturated rings. The fraction of sp³-hybridized carbons (Fsp3) is 0.130. The maximum absolute atomic E-state index is 13.1. The van der Waals surface area contributed by atoms with Crippen LogP contribution in [0.25, 0.3) is 0 Å². The Labute approximate surface area is 196 Å². The molecule has 0 saturated carbocycles. The summed E-state index contributed by atoms with van der Waals surface area (Å²) in [5.74, 6) is -1.33. The van der Waals surface area contributed by atoms with E-state index in [0.29, 0.717) is 0 Å². The number of aryl methyl sites for hydroxylation is 3. The van der Waals surface area contributed by atoms with E-state index in [9.17, 15) is 28.4 Å². The van der Waals surface area contributed by atoms with E-state index in [1.54, 1.807) is 0 Å². The number of nitrogens with zero attached hydrogens (tertiary/aromatic N) is 2. The molecular weight excluding hydrogens is 460 g/mol. The number of rotatable bonds is 8. The first kappa shape index (κ1) is 24.4. The molecule has 3 aromatic carbocycles. The quantitative estimate of drug-likeness (QED) is 0.243. The van der Waals surface area contributed by atoms with E-state index in [1.165, 1.54) is 36.5 Å². The number of para-hydroxylation sites is 1. The number of nitrogens with one attached hydrogen (secondary N) is 2. The number of sulfonamides is 1. The van der Waals surface area contributed by atoms with Crippen LogP contribution in [0.15, 0.2) is 64.6 Å². The zero-order valence-electron chi connectivity index (χ0n) is 18.6. The van der Waals surface area contributed by atoms with Gasteiger partial charge in [-0.1, -0.05) is 29.8 Å². The number of nitro groups is 1. The van der Waals surface area contributed by atoms with Crippen LogP contribution in [0.4, 0.5) is 17.1 Å². The van der Waals surface area contributed by atoms with Crippen LogP contribution in [-0.4, -0.2) is 30.6 Å². The lowest BCUT2D eigenvalue weighted by Gasteiger charge is -2.13. The van der Waals surface area contributed by atoms with Crippen LogP contribution in [0.2, 0.25) is 0 Å². The Hall–Kier alpha value is -4.25. The van der Waals surface area contributed by atoms with Gasteiger partial charge < -0.3 is 5.11 Å². The first-order valence-electron chi connectivity index (χ1n) is 10.00. The average Bonchev–Trinajstić information content (AvgIpc) is 2.75. The van der Waals surface area contributed by atoms with Crippen LogP contribution < -0.4 is 10.1 Å². The predicted octanol–water partition coefficient (Wildman–Crippen LogP) is 4.47. The van der Waals surface area contributed by atoms with E-state index >= 15 is 0 Å². The van der Waals surface area contributed by atoms with Gasteiger partial charge in [-0.25, -0.2) is 13.2 Å². The van der Waals surface area contributed by atoms with E-state index in [0.717, 1.165) is 34.4 Å². The van der Waals surface area contributed by atoms with Crippen LogP contribution in [0.1, 0.15) is 32.6 Å². The van der Waals surface area contributed by atoms with E-state index in [-0.39, 0.29) is 16.9 Å². The Morgan fingerprint density at radius 1 is 1.03 bits per heavy atom. The number of aromatic carboxylic acids is 1. The first-order chi connectivity index (χ1) is 16.0. The van der Waals surface area contributed by atoms with Gasteiger partial charge in [-0.2, -0.15) is 5.10 Å². The number of carboxylic acid groups (broad SMARTS) is 1. The number of nitro benzene ring substituents is 1. The Morgan fingerprint density at radius 3 is 2.29 bits per heavy atom. The highest BCUT2D eigenvalue weighted by atomic mass is 32.2. The largest absolute Gasteiger partial charge is 0.478 e. The smallest absolute Gasteiger partial charge is 0.337 e. The van der Waals surface area contributed by atoms with Crippen LogP contribution >= 0.6 is 0 Å². The monoisotopic (exact) mass is 482 g/mol. The highest BCUT2D eigenvalue weighted by Crippen LogP contribution is 2.29. The minimum atomic E-state index is -4.43. The molecule has 0 amide bonds. The fourth-order valence-electron chi connectivity index (χ4n) is 3.46. The third kappa shape index (κ3) is 5.38. The number of carbonyl (C=O) groups is 1. The van der Waals surface area contributed by atoms with Gasteiger partial charge in [0.1, 0.15) is 4.90 Å². The lowest BCUT2D eigenvalue weighted by molar-refractivity contribution is -0.385. The third-order valence-electron chi connectivity index (χ3n) is 4.98. The van der Waals surface area contributed by atoms with Crippen molar-refractivity contribution >= 4 is 39.3 Å². The summed E-state index contributed by atoms with van der Waals surface area (Å²) in [6, 6.07) is 12.7. The number of hydrogen-bond donors (Lipinski definition) is 3. The summed E-state index contributed by atoms with van der Waals surface area (Å²) in [4.78, 5) is 21.5. The molecule has 0 heterocycles. The van der Waals surface area contributed by atoms with Gasteiger partial charge >= 0.3 is 5.97 Å². The van der Waals surface area contributed by atoms with Crippen molar-refractivity contribution in [3.05, 3.63) is 92.5 Å². The van der Waals surface area contributed by atoms with Crippen LogP contribution in [0.5, 0.6) is 0 Å². The van der Waals surface area contributed by atoms with Crippen LogP contribution in [-0.2, 0) is 10.0 Å². The maximum Gasteiger partial charge on any atom is 0.337 e. The van der Waals surface area contributed by atoms with Gasteiger partial charge in [-0.3, -0.25) is 20.3 Å². The molecule has 0 spiro atoms. The van der Waals surface area contributed by atoms with E-state index in [4.69, 9.17) is 0 Å². The summed E-state index contributed by atoms with van der Waals surface area (Å²) in [5, 5.41) is 24.7. The van der Waals surface area contributed by atoms with E-state index < -0.39 is 31.5 Å². The Morgan fingerprint density at radius 2 is 1.68 bits per heavy atom. The van der Waals surface area contributed by atoms with Gasteiger partial charge in [-0.15, -0.1) is 0 Å². The predicted molar refractivity (Wildman–Crippen MR) is 129 cm³/mol. The highest BCUT2D eigenvalue weighted by Gasteiger charge is 2.24. The number of hydrogen-bond acceptors (Lipinski definition) is 7. The third-order valence-corrected chi connectivity index (χ3v) is 6.39. The van der Waals surface area contributed by atoms with Crippen LogP contribution in [0, 0.1) is 30.9 Å². The second kappa shape index (κ2) is 9.71. The summed E-state index contributed by atoms with van der Waals surface area (Å²) in [6.07, 6.45) is 1.54. The first-order valence-corrected chi connectivity index (χ1v) is 11.5. The van der Waals surface area contributed by atoms with Crippen molar-refractivity contribution in [1.82, 2.24) is 0 Å². The normalized spacial score (nSPS) is 11.4. The van der Waals surface area contributed by atoms with Crippen molar-refractivity contribution < 1.29 is 23.2 Å². The Kier molecular flexibility index (Phi) is 6.97. The lowest BCUT2D eigenvalue weighted by Crippen LogP contribution is -2.17. The van der Waals surface area contributed by atoms with Crippen LogP contribution in [0.3, 0.4) is 0 Å². The number of benzene rings is 3. The van der Waals surface area contributed by atoms with Crippen molar-refractivity contribution in [1.29, 1.82) is 0 Å². The summed E-state index contributed by atoms with van der Waals surface area (Å²) < 4.78 is 28.5. The van der Waals surface area contributed by atoms with Crippen molar-refractivity contribution in [3.63, 3.8) is 0 Å². The highest BCUT2D eigenvalue weighted by molar-refractivity contribution is 7.93. The van der Waals surface area contributed by atoms with E-state index in [2.05, 4.69) is 15.2 Å². The lowest BCUT2D eigenvalue weighted by atomic mass is 10.0. The minimum absolute atomic E-state index is 0.0235. The zero-order valence-corrected chi connectivity index (χ0v) is 19.4. The number of hydrazone groups is 1. The molecule has 0 radical (unpaired) electrons. The van der Waals surface area contributed by atoms with Gasteiger partial charge in [0, 0.05) is 17.7 Å². The molecule has 0 aliphatic heterocycles. The minimum Gasteiger partial charge on any atom is -0.478 e. The molecule has 0 atom stereocenters. The molecule has 0 aliphatic carbocycles. The maximum atomic E-state index is 13.1. The second-order valence-corrected chi connectivity index (χ2v) is 9.23. The number of non-ortho nitro benzene ring substituents is 1. The summed E-state index contributed by atoms with van der Waals surface area (Å²) in [7, 11) is -4.43. The number of anilines is 2. The van der Waals surface area contributed by atoms with E-state index in [1.807, 2.05) is 32.9 Å². The SMILES string of the molecule is Cc1cc(C)c(C=NNc2ccc([N+](=O)[O-])cc2S(=O)(=O)Nc2ccccc2C(=O)O)c(C)c1. The number of carboxylic acids is 1. The Bertz CT molecular complexity index is 1390. The summed E-state index contributed by atoms with van der Waals surface area (Å²) >= 11 is 0. The standard InChI is InChI=1S/C23H22N4O6S/c1-14-10-15(2)19(16(3)11-14)13-24-25-21-9-8-17(27(30)31)12-22(21)34(32,33)26-20-7-5-4-6-18(20)23(28)29/h4-13,25-26H,1-3H3,(H,28,29). The van der Waals surface area contributed by atoms with Crippen molar-refractivity contribution in [3.8, 4) is 0 Å². The second-order valence-electron chi connectivity index (χ2n) is 7.58. The zero-order chi connectivity index (χ0) is 25.0. The van der Waals surface area contributed by atoms with Crippen molar-refractivity contribution in [2.45, 2.75) is 25.7 Å². The Balaban J connectivity index is 2.01. The molecule has 34 heavy (non-hydrogen) atoms. The molecule has 10 nitrogen and oxygen atoms in total. The molecule has 11 heteroatoms. The molecule has 3 N–H and O–H groups in total. The van der Waals surface area contributed by atoms with Gasteiger partial charge in [-0.05, 0) is 50.1 Å². The molecule has 0 aromatic heterocycles. The molecule has 3 rings (SSSR count). The fourth-order valence-corrected chi connectivity index (χ4v) is 4.72. The summed E-state index contributed by atoms with van der Waals surface area (Å²) in [5.41, 5.74) is 5.61. The molecule has 0 saturated heterocycles. The topological polar surface area (TPSA) is 151 Å². The molecule has 0 unspecified atom stereocenters. The summed E-state index contributed by atoms with van der Waals surface area (Å²) in [6.45, 7) is 5.82. The van der Waals surface area contributed by atoms with Gasteiger partial charge in [0.2, 0.25) is 0 Å². The van der Waals surface area contributed by atoms with Crippen molar-refractivity contribution in [2.75, 3.05) is 10.1 Å². The molecule has 0 bridgehead atoms. The van der Waals surface area contributed by atoms with Gasteiger partial charge in [0.25, 0.3) is 15.7 Å². The van der Waals surface area contributed by atoms with Gasteiger partial charge in [0.15, 0.2) is 0 Å². The average molecular weight is 483 g/mol. The molecule has 0 aliphatic rings. The molecule has 176 valence electrons. The van der Waals surface area contributed by atoms with Gasteiger partial charge in [0.05, 0.1) is 28.1 Å².